The topological polar surface area (TPSA) is 49.4 Å². The van der Waals surface area contributed by atoms with Crippen LogP contribution in [-0.2, 0) is 29.0 Å². The first kappa shape index (κ1) is 25.4. The van der Waals surface area contributed by atoms with Crippen molar-refractivity contribution in [3.05, 3.63) is 106 Å². The summed E-state index contributed by atoms with van der Waals surface area (Å²) in [5.41, 5.74) is 2.07. The van der Waals surface area contributed by atoms with Gasteiger partial charge in [-0.05, 0) is 48.2 Å². The lowest BCUT2D eigenvalue weighted by molar-refractivity contribution is -0.141. The zero-order chi connectivity index (χ0) is 24.5. The van der Waals surface area contributed by atoms with Gasteiger partial charge >= 0.3 is 0 Å². The molecule has 2 atom stereocenters. The Hall–Kier alpha value is -3.18. The largest absolute Gasteiger partial charge is 0.352 e. The molecule has 178 valence electrons. The second-order valence-electron chi connectivity index (χ2n) is 8.44. The van der Waals surface area contributed by atoms with Crippen molar-refractivity contribution in [2.45, 2.75) is 51.7 Å². The van der Waals surface area contributed by atoms with E-state index in [1.165, 1.54) is 6.07 Å². The van der Waals surface area contributed by atoms with Gasteiger partial charge in [0.15, 0.2) is 0 Å². The number of carbonyl (C=O) groups is 2. The summed E-state index contributed by atoms with van der Waals surface area (Å²) < 4.78 is 14.3. The molecule has 3 aromatic carbocycles. The Kier molecular flexibility index (Phi) is 9.23. The second-order valence-corrected chi connectivity index (χ2v) is 8.88. The van der Waals surface area contributed by atoms with E-state index in [4.69, 9.17) is 11.6 Å². The Labute approximate surface area is 205 Å². The van der Waals surface area contributed by atoms with E-state index in [0.29, 0.717) is 17.0 Å². The number of nitrogens with one attached hydrogen (secondary N) is 1. The normalized spacial score (nSPS) is 12.6. The fourth-order valence-corrected chi connectivity index (χ4v) is 3.81. The van der Waals surface area contributed by atoms with Crippen molar-refractivity contribution >= 4 is 23.4 Å². The average molecular weight is 481 g/mol. The monoisotopic (exact) mass is 480 g/mol. The summed E-state index contributed by atoms with van der Waals surface area (Å²) in [5.74, 6) is -0.986. The highest BCUT2D eigenvalue weighted by molar-refractivity contribution is 6.30. The maximum absolute atomic E-state index is 14.3. The van der Waals surface area contributed by atoms with Crippen LogP contribution in [0, 0.1) is 5.82 Å². The van der Waals surface area contributed by atoms with Crippen LogP contribution < -0.4 is 5.32 Å². The highest BCUT2D eigenvalue weighted by Crippen LogP contribution is 2.19. The van der Waals surface area contributed by atoms with Crippen LogP contribution in [0.25, 0.3) is 0 Å². The molecule has 0 aromatic heterocycles. The Bertz CT molecular complexity index is 1090. The summed E-state index contributed by atoms with van der Waals surface area (Å²) in [4.78, 5) is 28.6. The zero-order valence-corrected chi connectivity index (χ0v) is 20.3. The molecule has 1 N–H and O–H groups in total. The third kappa shape index (κ3) is 7.16. The van der Waals surface area contributed by atoms with Crippen LogP contribution >= 0.6 is 11.6 Å². The van der Waals surface area contributed by atoms with Crippen LogP contribution in [0.1, 0.15) is 37.0 Å². The third-order valence-electron chi connectivity index (χ3n) is 5.84. The van der Waals surface area contributed by atoms with Gasteiger partial charge in [0.25, 0.3) is 0 Å². The standard InChI is InChI=1S/C28H30ClFN2O2/c1-3-20(2)31-28(34)26(17-21-9-5-4-6-10-21)32(19-22-13-15-24(29)16-14-22)27(33)18-23-11-7-8-12-25(23)30/h4-16,20,26H,3,17-19H2,1-2H3,(H,31,34). The summed E-state index contributed by atoms with van der Waals surface area (Å²) in [6, 6.07) is 22.2. The molecule has 3 aromatic rings. The molecule has 0 aliphatic rings. The predicted octanol–water partition coefficient (Wildman–Crippen LogP) is 5.58. The molecular weight excluding hydrogens is 451 g/mol. The van der Waals surface area contributed by atoms with Crippen molar-refractivity contribution < 1.29 is 14.0 Å². The smallest absolute Gasteiger partial charge is 0.243 e. The fourth-order valence-electron chi connectivity index (χ4n) is 3.69. The minimum atomic E-state index is -0.758. The SMILES string of the molecule is CCC(C)NC(=O)C(Cc1ccccc1)N(Cc1ccc(Cl)cc1)C(=O)Cc1ccccc1F. The van der Waals surface area contributed by atoms with Crippen molar-refractivity contribution in [3.8, 4) is 0 Å². The molecule has 3 rings (SSSR count). The number of nitrogens with zero attached hydrogens (tertiary/aromatic N) is 1. The Morgan fingerprint density at radius 1 is 0.941 bits per heavy atom. The van der Waals surface area contributed by atoms with Crippen molar-refractivity contribution in [2.75, 3.05) is 0 Å². The molecule has 0 heterocycles. The Balaban J connectivity index is 1.97. The van der Waals surface area contributed by atoms with Crippen LogP contribution in [0.3, 0.4) is 0 Å². The van der Waals surface area contributed by atoms with Crippen LogP contribution in [0.4, 0.5) is 4.39 Å². The maximum Gasteiger partial charge on any atom is 0.243 e. The summed E-state index contributed by atoms with van der Waals surface area (Å²) in [5, 5.41) is 3.61. The van der Waals surface area contributed by atoms with E-state index in [0.717, 1.165) is 17.5 Å². The molecule has 34 heavy (non-hydrogen) atoms. The van der Waals surface area contributed by atoms with Gasteiger partial charge in [-0.15, -0.1) is 0 Å². The van der Waals surface area contributed by atoms with Crippen molar-refractivity contribution in [2.24, 2.45) is 0 Å². The summed E-state index contributed by atoms with van der Waals surface area (Å²) in [6.07, 6.45) is 0.978. The lowest BCUT2D eigenvalue weighted by Gasteiger charge is -2.32. The van der Waals surface area contributed by atoms with Gasteiger partial charge in [-0.1, -0.05) is 79.2 Å². The van der Waals surface area contributed by atoms with Gasteiger partial charge in [-0.3, -0.25) is 9.59 Å². The van der Waals surface area contributed by atoms with Crippen LogP contribution in [0.2, 0.25) is 5.02 Å². The molecule has 6 heteroatoms. The zero-order valence-electron chi connectivity index (χ0n) is 19.5. The van der Waals surface area contributed by atoms with E-state index in [9.17, 15) is 14.0 Å². The molecule has 2 unspecified atom stereocenters. The number of amides is 2. The molecule has 0 saturated carbocycles. The number of carbonyl (C=O) groups excluding carboxylic acids is 2. The highest BCUT2D eigenvalue weighted by Gasteiger charge is 2.31. The van der Waals surface area contributed by atoms with Gasteiger partial charge in [0.1, 0.15) is 11.9 Å². The van der Waals surface area contributed by atoms with E-state index >= 15 is 0 Å². The molecule has 0 radical (unpaired) electrons. The molecule has 0 spiro atoms. The minimum absolute atomic E-state index is 0.0372. The first-order valence-electron chi connectivity index (χ1n) is 11.5. The first-order chi connectivity index (χ1) is 16.4. The van der Waals surface area contributed by atoms with Crippen LogP contribution in [-0.4, -0.2) is 28.8 Å². The van der Waals surface area contributed by atoms with Gasteiger partial charge in [0.2, 0.25) is 11.8 Å². The number of rotatable bonds is 10. The second kappa shape index (κ2) is 12.3. The first-order valence-corrected chi connectivity index (χ1v) is 11.9. The van der Waals surface area contributed by atoms with Gasteiger partial charge in [0.05, 0.1) is 6.42 Å². The average Bonchev–Trinajstić information content (AvgIpc) is 2.84. The molecule has 2 amide bonds. The van der Waals surface area contributed by atoms with Gasteiger partial charge < -0.3 is 10.2 Å². The van der Waals surface area contributed by atoms with Crippen molar-refractivity contribution in [1.82, 2.24) is 10.2 Å². The Morgan fingerprint density at radius 2 is 1.59 bits per heavy atom. The minimum Gasteiger partial charge on any atom is -0.352 e. The predicted molar refractivity (Wildman–Crippen MR) is 134 cm³/mol. The lowest BCUT2D eigenvalue weighted by Crippen LogP contribution is -2.52. The number of hydrogen-bond acceptors (Lipinski definition) is 2. The number of halogens is 2. The molecule has 0 saturated heterocycles. The fraction of sp³-hybridized carbons (Fsp3) is 0.286. The molecule has 0 aliphatic carbocycles. The van der Waals surface area contributed by atoms with E-state index in [2.05, 4.69) is 5.32 Å². The van der Waals surface area contributed by atoms with Gasteiger partial charge in [-0.2, -0.15) is 0 Å². The summed E-state index contributed by atoms with van der Waals surface area (Å²) >= 11 is 6.04. The van der Waals surface area contributed by atoms with E-state index < -0.39 is 11.9 Å². The number of benzene rings is 3. The summed E-state index contributed by atoms with van der Waals surface area (Å²) in [6.45, 7) is 4.13. The molecule has 4 nitrogen and oxygen atoms in total. The summed E-state index contributed by atoms with van der Waals surface area (Å²) in [7, 11) is 0. The quantitative estimate of drug-likeness (QED) is 0.412. The molecular formula is C28H30ClFN2O2. The lowest BCUT2D eigenvalue weighted by atomic mass is 10.0. The van der Waals surface area contributed by atoms with Crippen molar-refractivity contribution in [1.29, 1.82) is 0 Å². The molecule has 0 aliphatic heterocycles. The molecule has 0 fully saturated rings. The van der Waals surface area contributed by atoms with E-state index in [-0.39, 0.29) is 30.8 Å². The van der Waals surface area contributed by atoms with E-state index in [1.807, 2.05) is 56.3 Å². The number of hydrogen-bond donors (Lipinski definition) is 1. The maximum atomic E-state index is 14.3. The van der Waals surface area contributed by atoms with Gasteiger partial charge in [-0.25, -0.2) is 4.39 Å². The molecule has 0 bridgehead atoms. The highest BCUT2D eigenvalue weighted by atomic mass is 35.5. The Morgan fingerprint density at radius 3 is 2.24 bits per heavy atom. The van der Waals surface area contributed by atoms with Gasteiger partial charge in [0, 0.05) is 24.0 Å². The van der Waals surface area contributed by atoms with E-state index in [1.54, 1.807) is 35.2 Å². The third-order valence-corrected chi connectivity index (χ3v) is 6.09. The van der Waals surface area contributed by atoms with Crippen LogP contribution in [0.5, 0.6) is 0 Å². The van der Waals surface area contributed by atoms with Crippen LogP contribution in [0.15, 0.2) is 78.9 Å². The van der Waals surface area contributed by atoms with Crippen molar-refractivity contribution in [3.63, 3.8) is 0 Å².